The highest BCUT2D eigenvalue weighted by Gasteiger charge is 2.50. The molecule has 4 heterocycles. The van der Waals surface area contributed by atoms with Crippen LogP contribution in [0.1, 0.15) is 90.8 Å². The lowest BCUT2D eigenvalue weighted by molar-refractivity contribution is -0.138. The van der Waals surface area contributed by atoms with Crippen molar-refractivity contribution in [1.82, 2.24) is 29.5 Å². The van der Waals surface area contributed by atoms with Gasteiger partial charge in [-0.05, 0) is 86.4 Å². The van der Waals surface area contributed by atoms with E-state index >= 15 is 0 Å². The van der Waals surface area contributed by atoms with E-state index in [0.29, 0.717) is 42.6 Å². The second-order valence-electron chi connectivity index (χ2n) is 14.6. The van der Waals surface area contributed by atoms with Gasteiger partial charge in [-0.2, -0.15) is 18.2 Å². The van der Waals surface area contributed by atoms with Gasteiger partial charge in [0.2, 0.25) is 5.88 Å². The highest BCUT2D eigenvalue weighted by atomic mass is 19.4. The topological polar surface area (TPSA) is 99.8 Å². The van der Waals surface area contributed by atoms with Gasteiger partial charge in [-0.3, -0.25) is 14.6 Å². The molecule has 3 fully saturated rings. The largest absolute Gasteiger partial charge is 0.474 e. The maximum Gasteiger partial charge on any atom is 0.416 e. The van der Waals surface area contributed by atoms with Crippen LogP contribution in [0.2, 0.25) is 0 Å². The fraction of sp³-hybridized carbons (Fsp3) is 0.600. The van der Waals surface area contributed by atoms with Crippen molar-refractivity contribution < 1.29 is 27.8 Å². The van der Waals surface area contributed by atoms with Gasteiger partial charge >= 0.3 is 6.18 Å². The number of rotatable bonds is 8. The monoisotopic (exact) mass is 667 g/mol. The zero-order valence-corrected chi connectivity index (χ0v) is 28.0. The second-order valence-corrected chi connectivity index (χ2v) is 14.6. The van der Waals surface area contributed by atoms with E-state index in [1.165, 1.54) is 11.0 Å². The molecule has 258 valence electrons. The van der Waals surface area contributed by atoms with E-state index < -0.39 is 29.2 Å². The van der Waals surface area contributed by atoms with Crippen LogP contribution in [-0.4, -0.2) is 85.5 Å². The molecule has 48 heavy (non-hydrogen) atoms. The van der Waals surface area contributed by atoms with E-state index in [0.717, 1.165) is 50.9 Å². The fourth-order valence-corrected chi connectivity index (χ4v) is 8.20. The van der Waals surface area contributed by atoms with Crippen molar-refractivity contribution in [3.8, 4) is 5.88 Å². The zero-order chi connectivity index (χ0) is 34.0. The molecule has 0 unspecified atom stereocenters. The number of hydrogen-bond donors (Lipinski definition) is 1. The maximum atomic E-state index is 14.7. The Morgan fingerprint density at radius 3 is 2.48 bits per heavy atom. The molecule has 1 aromatic carbocycles. The summed E-state index contributed by atoms with van der Waals surface area (Å²) in [6, 6.07) is 6.64. The van der Waals surface area contributed by atoms with Crippen molar-refractivity contribution in [2.24, 2.45) is 13.0 Å². The van der Waals surface area contributed by atoms with Crippen molar-refractivity contribution in [1.29, 1.82) is 0 Å². The Bertz CT molecular complexity index is 1680. The number of likely N-dealkylation sites (N-methyl/N-ethyl adjacent to an activating group) is 1. The Morgan fingerprint density at radius 2 is 1.83 bits per heavy atom. The van der Waals surface area contributed by atoms with Crippen LogP contribution in [0, 0.1) is 5.92 Å². The number of ether oxygens (including phenoxy) is 1. The van der Waals surface area contributed by atoms with Gasteiger partial charge in [-0.15, -0.1) is 10.2 Å². The summed E-state index contributed by atoms with van der Waals surface area (Å²) in [6.45, 7) is 6.73. The summed E-state index contributed by atoms with van der Waals surface area (Å²) in [6.07, 6.45) is 0.975. The number of aliphatic hydroxyl groups excluding tert-OH is 1. The number of pyridine rings is 1. The molecule has 0 spiro atoms. The minimum atomic E-state index is -4.64. The number of fused-ring (bicyclic) bond motifs is 1. The van der Waals surface area contributed by atoms with Crippen molar-refractivity contribution >= 4 is 11.7 Å². The van der Waals surface area contributed by atoms with Gasteiger partial charge in [0, 0.05) is 50.9 Å². The van der Waals surface area contributed by atoms with Crippen molar-refractivity contribution in [3.63, 3.8) is 0 Å². The minimum Gasteiger partial charge on any atom is -0.474 e. The molecule has 10 nitrogen and oxygen atoms in total. The van der Waals surface area contributed by atoms with Gasteiger partial charge in [0.15, 0.2) is 0 Å². The number of anilines is 1. The number of aliphatic hydroxyl groups is 1. The molecular weight excluding hydrogens is 623 g/mol. The van der Waals surface area contributed by atoms with Crippen LogP contribution < -0.4 is 9.64 Å². The molecule has 2 aliphatic heterocycles. The summed E-state index contributed by atoms with van der Waals surface area (Å²) < 4.78 is 52.2. The lowest BCUT2D eigenvalue weighted by Gasteiger charge is -2.45. The molecule has 0 bridgehead atoms. The number of halogens is 3. The first-order valence-electron chi connectivity index (χ1n) is 17.0. The summed E-state index contributed by atoms with van der Waals surface area (Å²) in [5, 5.41) is 18.9. The molecule has 1 N–H and O–H groups in total. The van der Waals surface area contributed by atoms with E-state index in [1.807, 2.05) is 17.7 Å². The normalized spacial score (nSPS) is 25.6. The van der Waals surface area contributed by atoms with Gasteiger partial charge in [0.25, 0.3) is 5.91 Å². The number of aromatic nitrogens is 4. The highest BCUT2D eigenvalue weighted by molar-refractivity contribution is 6.10. The predicted octanol–water partition coefficient (Wildman–Crippen LogP) is 4.92. The van der Waals surface area contributed by atoms with Gasteiger partial charge < -0.3 is 19.3 Å². The number of hydrogen-bond acceptors (Lipinski definition) is 8. The van der Waals surface area contributed by atoms with Crippen LogP contribution in [0.25, 0.3) is 0 Å². The lowest BCUT2D eigenvalue weighted by Crippen LogP contribution is -2.53. The highest BCUT2D eigenvalue weighted by Crippen LogP contribution is 2.50. The number of piperazine rings is 1. The quantitative estimate of drug-likeness (QED) is 0.362. The first-order valence-corrected chi connectivity index (χ1v) is 17.0. The summed E-state index contributed by atoms with van der Waals surface area (Å²) >= 11 is 0. The third-order valence-electron chi connectivity index (χ3n) is 10.8. The minimum absolute atomic E-state index is 0.0338. The van der Waals surface area contributed by atoms with E-state index in [1.54, 1.807) is 18.5 Å². The predicted molar refractivity (Wildman–Crippen MR) is 173 cm³/mol. The van der Waals surface area contributed by atoms with Crippen LogP contribution in [-0.2, 0) is 31.7 Å². The standard InChI is InChI=1S/C35H44F3N7O3/c1-21(2)29-19-42(3)9-10-44(29)17-22-11-26-27(28(12-22)35(36,37)38)18-45(32(26)47)30-13-23(14-31(40-30)48-25-7-5-6-8-25)34(15-24(46)16-34)33-41-39-20-43(33)4/h11-14,20-21,24-25,29,46H,5-10,15-19H2,1-4H3/t24?,29-,34?/m1/s1. The third kappa shape index (κ3) is 5.98. The number of carbonyl (C=O) groups excluding carboxylic acids is 1. The van der Waals surface area contributed by atoms with Crippen LogP contribution in [0.3, 0.4) is 0 Å². The zero-order valence-electron chi connectivity index (χ0n) is 28.0. The molecule has 7 rings (SSSR count). The molecule has 4 aliphatic rings. The molecule has 2 aliphatic carbocycles. The van der Waals surface area contributed by atoms with Gasteiger partial charge in [-0.25, -0.2) is 0 Å². The van der Waals surface area contributed by atoms with Crippen molar-refractivity contribution in [2.75, 3.05) is 31.6 Å². The number of aryl methyl sites for hydroxylation is 1. The lowest BCUT2D eigenvalue weighted by atomic mass is 9.62. The molecule has 1 atom stereocenters. The summed E-state index contributed by atoms with van der Waals surface area (Å²) in [7, 11) is 3.90. The Hall–Kier alpha value is -3.55. The summed E-state index contributed by atoms with van der Waals surface area (Å²) in [5.41, 5.74) is -0.270. The number of alkyl halides is 3. The Morgan fingerprint density at radius 1 is 1.08 bits per heavy atom. The molecule has 1 saturated heterocycles. The van der Waals surface area contributed by atoms with E-state index in [2.05, 4.69) is 40.9 Å². The first-order chi connectivity index (χ1) is 22.8. The SMILES string of the molecule is CC(C)[C@H]1CN(C)CCN1Cc1cc2c(c(C(F)(F)F)c1)CN(c1cc(C3(c4nncn4C)CC(O)C3)cc(OC3CCCC3)n1)C2=O. The third-order valence-corrected chi connectivity index (χ3v) is 10.8. The van der Waals surface area contributed by atoms with Crippen LogP contribution >= 0.6 is 0 Å². The maximum absolute atomic E-state index is 14.7. The van der Waals surface area contributed by atoms with Crippen LogP contribution in [0.4, 0.5) is 19.0 Å². The van der Waals surface area contributed by atoms with E-state index in [4.69, 9.17) is 9.72 Å². The molecule has 13 heteroatoms. The Kier molecular flexibility index (Phi) is 8.52. The van der Waals surface area contributed by atoms with Gasteiger partial charge in [0.1, 0.15) is 24.1 Å². The van der Waals surface area contributed by atoms with E-state index in [9.17, 15) is 23.1 Å². The first kappa shape index (κ1) is 33.0. The Balaban J connectivity index is 1.27. The van der Waals surface area contributed by atoms with Crippen molar-refractivity contribution in [2.45, 2.75) is 95.3 Å². The Labute approximate surface area is 278 Å². The summed E-state index contributed by atoms with van der Waals surface area (Å²) in [4.78, 5) is 24.7. The van der Waals surface area contributed by atoms with Crippen LogP contribution in [0.15, 0.2) is 30.6 Å². The fourth-order valence-electron chi connectivity index (χ4n) is 8.20. The number of amides is 1. The average Bonchev–Trinajstić information content (AvgIpc) is 3.76. The number of nitrogens with zero attached hydrogens (tertiary/aromatic N) is 7. The van der Waals surface area contributed by atoms with Gasteiger partial charge in [-0.1, -0.05) is 13.8 Å². The van der Waals surface area contributed by atoms with Gasteiger partial charge in [0.05, 0.1) is 23.6 Å². The molecular formula is C35H44F3N7O3. The molecule has 3 aromatic rings. The average molecular weight is 668 g/mol. The number of benzene rings is 1. The number of carbonyl (C=O) groups is 1. The van der Waals surface area contributed by atoms with Crippen molar-refractivity contribution in [3.05, 3.63) is 64.2 Å². The molecule has 2 aromatic heterocycles. The van der Waals surface area contributed by atoms with Crippen LogP contribution in [0.5, 0.6) is 5.88 Å². The summed E-state index contributed by atoms with van der Waals surface area (Å²) in [5.74, 6) is 0.988. The molecule has 1 amide bonds. The molecule has 2 saturated carbocycles. The molecule has 0 radical (unpaired) electrons. The smallest absolute Gasteiger partial charge is 0.416 e. The second kappa shape index (κ2) is 12.4. The van der Waals surface area contributed by atoms with E-state index in [-0.39, 0.29) is 35.6 Å².